The fraction of sp³-hybridized carbons (Fsp3) is 0.154. The van der Waals surface area contributed by atoms with Gasteiger partial charge in [0.1, 0.15) is 11.3 Å². The third-order valence-electron chi connectivity index (χ3n) is 5.82. The molecule has 8 nitrogen and oxygen atoms in total. The van der Waals surface area contributed by atoms with E-state index in [0.717, 1.165) is 16.7 Å². The van der Waals surface area contributed by atoms with Gasteiger partial charge in [-0.25, -0.2) is 4.98 Å². The highest BCUT2D eigenvalue weighted by atomic mass is 32.1. The second-order valence-electron chi connectivity index (χ2n) is 8.06. The van der Waals surface area contributed by atoms with Crippen LogP contribution in [0.15, 0.2) is 70.3 Å². The number of hydrogen-bond acceptors (Lipinski definition) is 8. The fourth-order valence-corrected chi connectivity index (χ4v) is 5.19. The number of ether oxygens (including phenoxy) is 1. The summed E-state index contributed by atoms with van der Waals surface area (Å²) in [6.45, 7) is 3.09. The van der Waals surface area contributed by atoms with Crippen LogP contribution in [0.5, 0.6) is 5.75 Å². The maximum Gasteiger partial charge on any atom is 0.296 e. The van der Waals surface area contributed by atoms with Gasteiger partial charge in [0, 0.05) is 12.3 Å². The van der Waals surface area contributed by atoms with Crippen LogP contribution in [0.3, 0.4) is 0 Å². The van der Waals surface area contributed by atoms with Gasteiger partial charge in [-0.15, -0.1) is 0 Å². The molecule has 176 valence electrons. The van der Waals surface area contributed by atoms with Gasteiger partial charge in [-0.3, -0.25) is 19.3 Å². The van der Waals surface area contributed by atoms with Crippen molar-refractivity contribution in [3.63, 3.8) is 0 Å². The zero-order chi connectivity index (χ0) is 24.9. The van der Waals surface area contributed by atoms with E-state index in [0.29, 0.717) is 27.5 Å². The van der Waals surface area contributed by atoms with E-state index in [-0.39, 0.29) is 22.2 Å². The van der Waals surface area contributed by atoms with Gasteiger partial charge in [-0.05, 0) is 36.8 Å². The maximum absolute atomic E-state index is 13.7. The van der Waals surface area contributed by atoms with Crippen molar-refractivity contribution in [3.8, 4) is 5.75 Å². The highest BCUT2D eigenvalue weighted by Gasteiger charge is 2.47. The average Bonchev–Trinajstić information content (AvgIpc) is 3.53. The zero-order valence-corrected chi connectivity index (χ0v) is 19.9. The lowest BCUT2D eigenvalue weighted by Crippen LogP contribution is -2.31. The maximum atomic E-state index is 13.7. The summed E-state index contributed by atoms with van der Waals surface area (Å²) in [7, 11) is 1.51. The van der Waals surface area contributed by atoms with E-state index in [1.807, 2.05) is 6.07 Å². The van der Waals surface area contributed by atoms with E-state index in [1.165, 1.54) is 18.9 Å². The number of hydrogen-bond donors (Lipinski definition) is 1. The number of aromatic nitrogens is 1. The van der Waals surface area contributed by atoms with Crippen LogP contribution in [0, 0.1) is 6.92 Å². The molecule has 1 atom stereocenters. The number of thiazole rings is 1. The van der Waals surface area contributed by atoms with Crippen LogP contribution >= 0.6 is 11.3 Å². The van der Waals surface area contributed by atoms with Crippen LogP contribution in [0.1, 0.15) is 44.4 Å². The summed E-state index contributed by atoms with van der Waals surface area (Å²) in [5, 5.41) is 11.9. The van der Waals surface area contributed by atoms with Gasteiger partial charge < -0.3 is 14.3 Å². The lowest BCUT2D eigenvalue weighted by molar-refractivity contribution is -0.117. The van der Waals surface area contributed by atoms with E-state index in [2.05, 4.69) is 4.98 Å². The lowest BCUT2D eigenvalue weighted by Gasteiger charge is -2.24. The second-order valence-corrected chi connectivity index (χ2v) is 9.04. The van der Waals surface area contributed by atoms with Crippen LogP contribution in [0.25, 0.3) is 11.0 Å². The predicted molar refractivity (Wildman–Crippen MR) is 130 cm³/mol. The Morgan fingerprint density at radius 1 is 1.14 bits per heavy atom. The van der Waals surface area contributed by atoms with Crippen molar-refractivity contribution in [2.75, 3.05) is 12.0 Å². The number of aliphatic hydroxyl groups is 1. The third kappa shape index (κ3) is 3.70. The first-order valence-electron chi connectivity index (χ1n) is 10.7. The number of benzene rings is 2. The number of amides is 1. The Morgan fingerprint density at radius 2 is 1.91 bits per heavy atom. The van der Waals surface area contributed by atoms with E-state index >= 15 is 0 Å². The van der Waals surface area contributed by atoms with E-state index < -0.39 is 23.5 Å². The number of methoxy groups -OCH3 is 1. The Morgan fingerprint density at radius 3 is 2.60 bits per heavy atom. The van der Waals surface area contributed by atoms with Gasteiger partial charge in [-0.1, -0.05) is 41.7 Å². The summed E-state index contributed by atoms with van der Waals surface area (Å²) in [5.41, 5.74) is 1.36. The Labute approximate surface area is 204 Å². The number of Topliss-reactive ketones (excluding diaryl/α,β-unsaturated/α-hetero) is 2. The first kappa shape index (κ1) is 22.5. The first-order valence-corrected chi connectivity index (χ1v) is 11.5. The van der Waals surface area contributed by atoms with Crippen LogP contribution in [0.4, 0.5) is 5.13 Å². The average molecular weight is 489 g/mol. The van der Waals surface area contributed by atoms with Crippen LogP contribution < -0.4 is 9.64 Å². The Bertz CT molecular complexity index is 1510. The van der Waals surface area contributed by atoms with Crippen molar-refractivity contribution in [2.45, 2.75) is 19.9 Å². The fourth-order valence-electron chi connectivity index (χ4n) is 4.20. The van der Waals surface area contributed by atoms with Gasteiger partial charge in [-0.2, -0.15) is 0 Å². The number of fused-ring (bicyclic) bond motifs is 1. The number of rotatable bonds is 6. The van der Waals surface area contributed by atoms with Crippen molar-refractivity contribution in [2.24, 2.45) is 0 Å². The summed E-state index contributed by atoms with van der Waals surface area (Å²) in [6.07, 6.45) is 0. The number of carbonyl (C=O) groups is 3. The zero-order valence-electron chi connectivity index (χ0n) is 19.1. The molecule has 1 aliphatic heterocycles. The second kappa shape index (κ2) is 8.52. The molecule has 0 spiro atoms. The number of carbonyl (C=O) groups excluding carboxylic acids is 3. The van der Waals surface area contributed by atoms with E-state index in [4.69, 9.17) is 9.15 Å². The molecule has 0 saturated heterocycles. The van der Waals surface area contributed by atoms with Crippen molar-refractivity contribution < 1.29 is 28.6 Å². The molecule has 2 aromatic carbocycles. The summed E-state index contributed by atoms with van der Waals surface area (Å²) in [6, 6.07) is 14.6. The number of nitrogens with zero attached hydrogens (tertiary/aromatic N) is 2. The van der Waals surface area contributed by atoms with Crippen LogP contribution in [-0.4, -0.2) is 34.7 Å². The van der Waals surface area contributed by atoms with Crippen molar-refractivity contribution in [1.82, 2.24) is 4.98 Å². The number of para-hydroxylation sites is 1. The predicted octanol–water partition coefficient (Wildman–Crippen LogP) is 5.19. The van der Waals surface area contributed by atoms with Crippen molar-refractivity contribution in [1.29, 1.82) is 0 Å². The van der Waals surface area contributed by atoms with Gasteiger partial charge in [0.2, 0.25) is 5.78 Å². The smallest absolute Gasteiger partial charge is 0.296 e. The summed E-state index contributed by atoms with van der Waals surface area (Å²) in [5.74, 6) is -1.79. The highest BCUT2D eigenvalue weighted by molar-refractivity contribution is 7.17. The molecular weight excluding hydrogens is 468 g/mol. The van der Waals surface area contributed by atoms with Gasteiger partial charge in [0.05, 0.1) is 29.3 Å². The first-order chi connectivity index (χ1) is 16.8. The number of anilines is 1. The van der Waals surface area contributed by atoms with Gasteiger partial charge in [0.25, 0.3) is 5.91 Å². The van der Waals surface area contributed by atoms with E-state index in [1.54, 1.807) is 55.5 Å². The molecular formula is C26H20N2O6S. The molecule has 0 fully saturated rings. The molecule has 0 aliphatic carbocycles. The molecule has 5 rings (SSSR count). The Hall–Kier alpha value is -4.24. The Kier molecular flexibility index (Phi) is 5.49. The molecule has 0 radical (unpaired) electrons. The molecule has 9 heteroatoms. The quantitative estimate of drug-likeness (QED) is 0.372. The minimum absolute atomic E-state index is 0.00459. The molecule has 1 N–H and O–H groups in total. The number of ketones is 2. The van der Waals surface area contributed by atoms with Crippen LogP contribution in [0.2, 0.25) is 0 Å². The highest BCUT2D eigenvalue weighted by Crippen LogP contribution is 2.44. The molecule has 1 amide bonds. The lowest BCUT2D eigenvalue weighted by atomic mass is 9.95. The summed E-state index contributed by atoms with van der Waals surface area (Å²) >= 11 is 1.03. The number of furan rings is 1. The number of aliphatic hydroxyl groups excluding tert-OH is 1. The topological polar surface area (TPSA) is 110 Å². The number of aryl methyl sites for hydroxylation is 1. The monoisotopic (exact) mass is 488 g/mol. The van der Waals surface area contributed by atoms with Crippen molar-refractivity contribution in [3.05, 3.63) is 87.8 Å². The third-order valence-corrected chi connectivity index (χ3v) is 7.08. The molecule has 1 unspecified atom stereocenters. The summed E-state index contributed by atoms with van der Waals surface area (Å²) in [4.78, 5) is 45.1. The minimum atomic E-state index is -1.01. The van der Waals surface area contributed by atoms with Crippen molar-refractivity contribution >= 4 is 44.9 Å². The molecule has 3 heterocycles. The summed E-state index contributed by atoms with van der Waals surface area (Å²) < 4.78 is 11.1. The molecule has 0 bridgehead atoms. The normalized spacial score (nSPS) is 15.8. The van der Waals surface area contributed by atoms with Gasteiger partial charge >= 0.3 is 0 Å². The van der Waals surface area contributed by atoms with Crippen LogP contribution in [-0.2, 0) is 4.79 Å². The minimum Gasteiger partial charge on any atom is -0.503 e. The molecule has 0 saturated carbocycles. The standard InChI is InChI=1S/C26H20N2O6S/c1-13-24(14(2)29)35-26(27-13)28-21(16-8-6-9-17(11-16)33-3)20(23(31)25(28)32)22(30)19-12-15-7-4-5-10-18(15)34-19/h4-12,21,31H,1-3H3. The Balaban J connectivity index is 1.68. The molecule has 2 aromatic heterocycles. The molecule has 1 aliphatic rings. The van der Waals surface area contributed by atoms with Gasteiger partial charge in [0.15, 0.2) is 22.4 Å². The van der Waals surface area contributed by atoms with E-state index in [9.17, 15) is 19.5 Å². The SMILES string of the molecule is COc1cccc(C2C(C(=O)c3cc4ccccc4o3)=C(O)C(=O)N2c2nc(C)c(C(C)=O)s2)c1. The largest absolute Gasteiger partial charge is 0.503 e. The molecule has 35 heavy (non-hydrogen) atoms. The molecule has 4 aromatic rings.